The molecule has 160 valence electrons. The molecule has 0 fully saturated rings. The molecule has 5 nitrogen and oxygen atoms in total. The third kappa shape index (κ3) is 4.78. The van der Waals surface area contributed by atoms with Crippen LogP contribution >= 0.6 is 0 Å². The second-order valence-electron chi connectivity index (χ2n) is 8.57. The third-order valence-electron chi connectivity index (χ3n) is 5.91. The molecule has 0 saturated carbocycles. The van der Waals surface area contributed by atoms with Crippen LogP contribution in [0.5, 0.6) is 0 Å². The van der Waals surface area contributed by atoms with Crippen molar-refractivity contribution >= 4 is 17.3 Å². The van der Waals surface area contributed by atoms with Gasteiger partial charge in [0.25, 0.3) is 0 Å². The Morgan fingerprint density at radius 2 is 1.97 bits per heavy atom. The van der Waals surface area contributed by atoms with E-state index >= 15 is 0 Å². The second kappa shape index (κ2) is 8.90. The topological polar surface area (TPSA) is 48.5 Å². The maximum Gasteiger partial charge on any atom is 0.236 e. The Labute approximate surface area is 184 Å². The molecule has 0 saturated heterocycles. The first-order chi connectivity index (χ1) is 14.9. The normalized spacial score (nSPS) is 13.5. The van der Waals surface area contributed by atoms with Gasteiger partial charge in [0.05, 0.1) is 12.2 Å². The van der Waals surface area contributed by atoms with Crippen LogP contribution in [0.1, 0.15) is 22.3 Å². The molecule has 0 unspecified atom stereocenters. The summed E-state index contributed by atoms with van der Waals surface area (Å²) in [5.74, 6) is 0.148. The first-order valence-corrected chi connectivity index (χ1v) is 10.7. The predicted molar refractivity (Wildman–Crippen MR) is 127 cm³/mol. The lowest BCUT2D eigenvalue weighted by molar-refractivity contribution is -0.130. The number of benzene rings is 2. The van der Waals surface area contributed by atoms with Crippen LogP contribution < -0.4 is 5.32 Å². The van der Waals surface area contributed by atoms with E-state index < -0.39 is 0 Å². The number of aryl methyl sites for hydroxylation is 2. The summed E-state index contributed by atoms with van der Waals surface area (Å²) in [7, 11) is 3.62. The minimum Gasteiger partial charge on any atom is -0.355 e. The van der Waals surface area contributed by atoms with Crippen LogP contribution in [0.2, 0.25) is 0 Å². The van der Waals surface area contributed by atoms with Crippen molar-refractivity contribution in [2.24, 2.45) is 0 Å². The van der Waals surface area contributed by atoms with Gasteiger partial charge in [0.2, 0.25) is 5.91 Å². The molecule has 1 aliphatic heterocycles. The smallest absolute Gasteiger partial charge is 0.236 e. The van der Waals surface area contributed by atoms with Crippen LogP contribution in [-0.4, -0.2) is 47.9 Å². The van der Waals surface area contributed by atoms with Crippen molar-refractivity contribution < 1.29 is 4.79 Å². The van der Waals surface area contributed by atoms with E-state index in [0.29, 0.717) is 6.54 Å². The molecule has 4 rings (SSSR count). The molecular weight excluding hydrogens is 384 g/mol. The average molecular weight is 415 g/mol. The second-order valence-corrected chi connectivity index (χ2v) is 8.57. The highest BCUT2D eigenvalue weighted by Gasteiger charge is 2.21. The maximum absolute atomic E-state index is 12.1. The van der Waals surface area contributed by atoms with E-state index in [1.165, 1.54) is 16.7 Å². The summed E-state index contributed by atoms with van der Waals surface area (Å²) in [5.41, 5.74) is 9.32. The summed E-state index contributed by atoms with van der Waals surface area (Å²) < 4.78 is 0. The number of nitrogens with zero attached hydrogens (tertiary/aromatic N) is 3. The van der Waals surface area contributed by atoms with Gasteiger partial charge in [0.1, 0.15) is 0 Å². The van der Waals surface area contributed by atoms with Crippen molar-refractivity contribution in [2.45, 2.75) is 26.8 Å². The van der Waals surface area contributed by atoms with E-state index in [-0.39, 0.29) is 5.91 Å². The number of hydrogen-bond donors (Lipinski definition) is 1. The quantitative estimate of drug-likeness (QED) is 0.665. The number of likely N-dealkylation sites (N-methyl/N-ethyl adjacent to an activating group) is 1. The molecule has 1 amide bonds. The molecule has 1 N–H and O–H groups in total. The summed E-state index contributed by atoms with van der Waals surface area (Å²) in [6.07, 6.45) is 2.84. The minimum atomic E-state index is 0.148. The number of hydrogen-bond acceptors (Lipinski definition) is 4. The van der Waals surface area contributed by atoms with Crippen molar-refractivity contribution in [3.05, 3.63) is 77.0 Å². The van der Waals surface area contributed by atoms with Gasteiger partial charge in [-0.25, -0.2) is 0 Å². The molecule has 0 radical (unpaired) electrons. The molecule has 2 aromatic carbocycles. The molecule has 1 aromatic heterocycles. The summed E-state index contributed by atoms with van der Waals surface area (Å²) in [5, 5.41) is 3.63. The zero-order valence-corrected chi connectivity index (χ0v) is 18.8. The fourth-order valence-corrected chi connectivity index (χ4v) is 4.01. The van der Waals surface area contributed by atoms with Crippen LogP contribution in [0.3, 0.4) is 0 Å². The molecule has 3 aromatic rings. The number of pyridine rings is 1. The summed E-state index contributed by atoms with van der Waals surface area (Å²) >= 11 is 0. The molecule has 2 heterocycles. The fraction of sp³-hybridized carbons (Fsp3) is 0.308. The van der Waals surface area contributed by atoms with Gasteiger partial charge in [-0.1, -0.05) is 24.3 Å². The van der Waals surface area contributed by atoms with Gasteiger partial charge >= 0.3 is 0 Å². The van der Waals surface area contributed by atoms with Crippen LogP contribution in [0.15, 0.2) is 54.7 Å². The van der Waals surface area contributed by atoms with Crippen molar-refractivity contribution in [3.8, 4) is 11.3 Å². The summed E-state index contributed by atoms with van der Waals surface area (Å²) in [4.78, 5) is 20.6. The van der Waals surface area contributed by atoms with Gasteiger partial charge < -0.3 is 10.2 Å². The third-order valence-corrected chi connectivity index (χ3v) is 5.91. The Balaban J connectivity index is 1.56. The Kier molecular flexibility index (Phi) is 6.05. The zero-order valence-electron chi connectivity index (χ0n) is 18.8. The van der Waals surface area contributed by atoms with E-state index in [1.807, 2.05) is 20.3 Å². The van der Waals surface area contributed by atoms with Crippen molar-refractivity contribution in [1.82, 2.24) is 14.8 Å². The number of carbonyl (C=O) groups excluding carboxylic acids is 1. The Morgan fingerprint density at radius 3 is 2.71 bits per heavy atom. The monoisotopic (exact) mass is 414 g/mol. The standard InChI is InChI=1S/C26H30N4O/c1-18-8-11-24(27-15-18)23-14-21(10-9-19(23)2)28-25-7-5-6-20-16-30(13-12-22(20)25)17-26(31)29(3)4/h5-11,14-15,28H,12-13,16-17H2,1-4H3. The first-order valence-electron chi connectivity index (χ1n) is 10.7. The lowest BCUT2D eigenvalue weighted by atomic mass is 9.97. The van der Waals surface area contributed by atoms with Crippen LogP contribution in [0.25, 0.3) is 11.3 Å². The fourth-order valence-electron chi connectivity index (χ4n) is 4.01. The predicted octanol–water partition coefficient (Wildman–Crippen LogP) is 4.56. The van der Waals surface area contributed by atoms with Crippen LogP contribution in [0.4, 0.5) is 11.4 Å². The number of nitrogens with one attached hydrogen (secondary N) is 1. The lowest BCUT2D eigenvalue weighted by Crippen LogP contribution is -2.39. The highest BCUT2D eigenvalue weighted by atomic mass is 16.2. The molecule has 1 aliphatic rings. The molecule has 0 bridgehead atoms. The van der Waals surface area contributed by atoms with Crippen molar-refractivity contribution in [3.63, 3.8) is 0 Å². The van der Waals surface area contributed by atoms with Gasteiger partial charge in [-0.2, -0.15) is 0 Å². The van der Waals surface area contributed by atoms with E-state index in [1.54, 1.807) is 4.90 Å². The SMILES string of the molecule is Cc1ccc(-c2cc(Nc3cccc4c3CCN(CC(=O)N(C)C)C4)ccc2C)nc1. The van der Waals surface area contributed by atoms with E-state index in [4.69, 9.17) is 0 Å². The Bertz CT molecular complexity index is 1090. The molecule has 0 atom stereocenters. The number of aromatic nitrogens is 1. The molecule has 0 spiro atoms. The van der Waals surface area contributed by atoms with Gasteiger partial charge in [-0.15, -0.1) is 0 Å². The number of anilines is 2. The Morgan fingerprint density at radius 1 is 1.13 bits per heavy atom. The van der Waals surface area contributed by atoms with Crippen LogP contribution in [-0.2, 0) is 17.8 Å². The van der Waals surface area contributed by atoms with Crippen LogP contribution in [0, 0.1) is 13.8 Å². The number of amides is 1. The lowest BCUT2D eigenvalue weighted by Gasteiger charge is -2.30. The zero-order chi connectivity index (χ0) is 22.0. The number of fused-ring (bicyclic) bond motifs is 1. The average Bonchev–Trinajstić information content (AvgIpc) is 2.75. The molecule has 5 heteroatoms. The van der Waals surface area contributed by atoms with Gasteiger partial charge in [-0.3, -0.25) is 14.7 Å². The Hall–Kier alpha value is -3.18. The van der Waals surface area contributed by atoms with E-state index in [0.717, 1.165) is 47.7 Å². The summed E-state index contributed by atoms with van der Waals surface area (Å²) in [6, 6.07) is 17.0. The molecule has 0 aliphatic carbocycles. The first kappa shape index (κ1) is 21.1. The van der Waals surface area contributed by atoms with E-state index in [9.17, 15) is 4.79 Å². The number of carbonyl (C=O) groups is 1. The minimum absolute atomic E-state index is 0.148. The summed E-state index contributed by atoms with van der Waals surface area (Å²) in [6.45, 7) is 6.33. The van der Waals surface area contributed by atoms with Gasteiger partial charge in [0, 0.05) is 50.3 Å². The van der Waals surface area contributed by atoms with Crippen molar-refractivity contribution in [1.29, 1.82) is 0 Å². The van der Waals surface area contributed by atoms with E-state index in [2.05, 4.69) is 77.6 Å². The maximum atomic E-state index is 12.1. The van der Waals surface area contributed by atoms with Gasteiger partial charge in [-0.05, 0) is 66.8 Å². The highest BCUT2D eigenvalue weighted by Crippen LogP contribution is 2.31. The van der Waals surface area contributed by atoms with Crippen molar-refractivity contribution in [2.75, 3.05) is 32.5 Å². The largest absolute Gasteiger partial charge is 0.355 e. The van der Waals surface area contributed by atoms with Gasteiger partial charge in [0.15, 0.2) is 0 Å². The molecular formula is C26H30N4O. The highest BCUT2D eigenvalue weighted by molar-refractivity contribution is 5.78. The molecule has 31 heavy (non-hydrogen) atoms. The number of rotatable bonds is 5.